The Bertz CT molecular complexity index is 445. The maximum absolute atomic E-state index is 12.1. The van der Waals surface area contributed by atoms with E-state index in [1.807, 2.05) is 0 Å². The third-order valence-corrected chi connectivity index (χ3v) is 3.43. The Hall–Kier alpha value is -1.92. The van der Waals surface area contributed by atoms with E-state index >= 15 is 0 Å². The molecule has 1 aliphatic heterocycles. The van der Waals surface area contributed by atoms with Crippen molar-refractivity contribution in [1.82, 2.24) is 19.9 Å². The summed E-state index contributed by atoms with van der Waals surface area (Å²) in [5.74, 6) is -1.08. The predicted octanol–water partition coefficient (Wildman–Crippen LogP) is 0.134. The maximum atomic E-state index is 12.1. The molecule has 7 heteroatoms. The fourth-order valence-corrected chi connectivity index (χ4v) is 2.28. The molecule has 1 amide bonds. The summed E-state index contributed by atoms with van der Waals surface area (Å²) in [6.07, 6.45) is 4.71. The van der Waals surface area contributed by atoms with E-state index in [1.54, 1.807) is 24.0 Å². The summed E-state index contributed by atoms with van der Waals surface area (Å²) < 4.78 is 1.56. The van der Waals surface area contributed by atoms with Crippen LogP contribution in [0.3, 0.4) is 0 Å². The standard InChI is InChI=1S/C11H16N4O3/c1-11(10(17)18)4-2-6-15(11)9(16)3-7-14-8-5-12-13-14/h5,8H,2-4,6-7H2,1H3,(H,17,18). The fourth-order valence-electron chi connectivity index (χ4n) is 2.28. The van der Waals surface area contributed by atoms with Gasteiger partial charge in [0.25, 0.3) is 0 Å². The third kappa shape index (κ3) is 2.20. The Balaban J connectivity index is 1.98. The lowest BCUT2D eigenvalue weighted by atomic mass is 9.99. The molecule has 1 aromatic rings. The van der Waals surface area contributed by atoms with Gasteiger partial charge in [-0.3, -0.25) is 9.48 Å². The van der Waals surface area contributed by atoms with Gasteiger partial charge in [0, 0.05) is 19.2 Å². The van der Waals surface area contributed by atoms with Crippen molar-refractivity contribution in [3.63, 3.8) is 0 Å². The van der Waals surface area contributed by atoms with Gasteiger partial charge in [-0.05, 0) is 19.8 Å². The summed E-state index contributed by atoms with van der Waals surface area (Å²) in [5.41, 5.74) is -1.06. The average molecular weight is 252 g/mol. The van der Waals surface area contributed by atoms with Crippen LogP contribution in [-0.4, -0.2) is 49.0 Å². The summed E-state index contributed by atoms with van der Waals surface area (Å²) >= 11 is 0. The zero-order valence-electron chi connectivity index (χ0n) is 10.2. The van der Waals surface area contributed by atoms with Gasteiger partial charge in [0.05, 0.1) is 12.7 Å². The van der Waals surface area contributed by atoms with Crippen LogP contribution in [0.25, 0.3) is 0 Å². The smallest absolute Gasteiger partial charge is 0.329 e. The number of amides is 1. The number of carbonyl (C=O) groups excluding carboxylic acids is 1. The summed E-state index contributed by atoms with van der Waals surface area (Å²) in [4.78, 5) is 24.8. The molecule has 0 saturated carbocycles. The predicted molar refractivity (Wildman–Crippen MR) is 61.6 cm³/mol. The first-order valence-electron chi connectivity index (χ1n) is 5.92. The highest BCUT2D eigenvalue weighted by atomic mass is 16.4. The SMILES string of the molecule is CC1(C(=O)O)CCCN1C(=O)CCn1ccnn1. The summed E-state index contributed by atoms with van der Waals surface area (Å²) in [7, 11) is 0. The molecule has 0 aromatic carbocycles. The number of carbonyl (C=O) groups is 2. The number of aromatic nitrogens is 3. The van der Waals surface area contributed by atoms with E-state index in [9.17, 15) is 14.7 Å². The van der Waals surface area contributed by atoms with Gasteiger partial charge in [-0.15, -0.1) is 5.10 Å². The van der Waals surface area contributed by atoms with Crippen LogP contribution in [0.1, 0.15) is 26.2 Å². The quantitative estimate of drug-likeness (QED) is 0.823. The van der Waals surface area contributed by atoms with Crippen LogP contribution in [0, 0.1) is 0 Å². The number of aryl methyl sites for hydroxylation is 1. The molecule has 2 heterocycles. The van der Waals surface area contributed by atoms with Crippen molar-refractivity contribution >= 4 is 11.9 Å². The molecule has 0 radical (unpaired) electrons. The van der Waals surface area contributed by atoms with E-state index in [0.717, 1.165) is 6.42 Å². The van der Waals surface area contributed by atoms with Gasteiger partial charge < -0.3 is 10.0 Å². The summed E-state index contributed by atoms with van der Waals surface area (Å²) in [6, 6.07) is 0. The first kappa shape index (κ1) is 12.5. The van der Waals surface area contributed by atoms with E-state index in [-0.39, 0.29) is 12.3 Å². The highest BCUT2D eigenvalue weighted by molar-refractivity contribution is 5.87. The van der Waals surface area contributed by atoms with Gasteiger partial charge in [-0.1, -0.05) is 5.21 Å². The Morgan fingerprint density at radius 1 is 1.50 bits per heavy atom. The first-order valence-corrected chi connectivity index (χ1v) is 5.92. The molecule has 1 atom stereocenters. The monoisotopic (exact) mass is 252 g/mol. The molecule has 2 rings (SSSR count). The van der Waals surface area contributed by atoms with Crippen LogP contribution in [-0.2, 0) is 16.1 Å². The van der Waals surface area contributed by atoms with Gasteiger partial charge >= 0.3 is 5.97 Å². The molecule has 1 aliphatic rings. The van der Waals surface area contributed by atoms with Crippen molar-refractivity contribution in [3.05, 3.63) is 12.4 Å². The molecule has 1 N–H and O–H groups in total. The highest BCUT2D eigenvalue weighted by Gasteiger charge is 2.45. The normalized spacial score (nSPS) is 23.3. The van der Waals surface area contributed by atoms with Gasteiger partial charge in [-0.25, -0.2) is 4.79 Å². The van der Waals surface area contributed by atoms with Crippen molar-refractivity contribution in [3.8, 4) is 0 Å². The number of carboxylic acids is 1. The molecule has 98 valence electrons. The number of hydrogen-bond acceptors (Lipinski definition) is 4. The molecule has 0 spiro atoms. The zero-order chi connectivity index (χ0) is 13.2. The largest absolute Gasteiger partial charge is 0.480 e. The number of carboxylic acid groups (broad SMARTS) is 1. The second-order valence-electron chi connectivity index (χ2n) is 4.64. The number of rotatable bonds is 4. The minimum Gasteiger partial charge on any atom is -0.480 e. The van der Waals surface area contributed by atoms with Crippen LogP contribution in [0.2, 0.25) is 0 Å². The minimum absolute atomic E-state index is 0.145. The van der Waals surface area contributed by atoms with Crippen molar-refractivity contribution in [2.24, 2.45) is 0 Å². The molecule has 0 bridgehead atoms. The van der Waals surface area contributed by atoms with Crippen molar-refractivity contribution < 1.29 is 14.7 Å². The Morgan fingerprint density at radius 2 is 2.28 bits per heavy atom. The molecule has 7 nitrogen and oxygen atoms in total. The topological polar surface area (TPSA) is 88.3 Å². The van der Waals surface area contributed by atoms with E-state index in [1.165, 1.54) is 4.90 Å². The lowest BCUT2D eigenvalue weighted by Crippen LogP contribution is -2.50. The Kier molecular flexibility index (Phi) is 3.31. The van der Waals surface area contributed by atoms with Crippen molar-refractivity contribution in [2.75, 3.05) is 6.54 Å². The summed E-state index contributed by atoms with van der Waals surface area (Å²) in [6.45, 7) is 2.54. The Labute approximate surface area is 104 Å². The second-order valence-corrected chi connectivity index (χ2v) is 4.64. The number of aliphatic carboxylic acids is 1. The maximum Gasteiger partial charge on any atom is 0.329 e. The van der Waals surface area contributed by atoms with Crippen LogP contribution >= 0.6 is 0 Å². The van der Waals surface area contributed by atoms with E-state index in [0.29, 0.717) is 19.5 Å². The van der Waals surface area contributed by atoms with Crippen LogP contribution in [0.15, 0.2) is 12.4 Å². The second kappa shape index (κ2) is 4.75. The number of hydrogen-bond donors (Lipinski definition) is 1. The van der Waals surface area contributed by atoms with Crippen molar-refractivity contribution in [1.29, 1.82) is 0 Å². The summed E-state index contributed by atoms with van der Waals surface area (Å²) in [5, 5.41) is 16.6. The minimum atomic E-state index is -1.06. The molecule has 1 unspecified atom stereocenters. The van der Waals surface area contributed by atoms with Gasteiger partial charge in [0.15, 0.2) is 0 Å². The highest BCUT2D eigenvalue weighted by Crippen LogP contribution is 2.29. The van der Waals surface area contributed by atoms with Gasteiger partial charge in [0.2, 0.25) is 5.91 Å². The van der Waals surface area contributed by atoms with Crippen LogP contribution in [0.4, 0.5) is 0 Å². The van der Waals surface area contributed by atoms with Crippen LogP contribution in [0.5, 0.6) is 0 Å². The fraction of sp³-hybridized carbons (Fsp3) is 0.636. The molecule has 0 aliphatic carbocycles. The van der Waals surface area contributed by atoms with E-state index < -0.39 is 11.5 Å². The number of likely N-dealkylation sites (tertiary alicyclic amines) is 1. The lowest BCUT2D eigenvalue weighted by Gasteiger charge is -2.31. The lowest BCUT2D eigenvalue weighted by molar-refractivity contribution is -0.155. The molecule has 1 fully saturated rings. The molecule has 18 heavy (non-hydrogen) atoms. The Morgan fingerprint density at radius 3 is 2.89 bits per heavy atom. The average Bonchev–Trinajstić information content (AvgIpc) is 2.95. The molecule has 1 aromatic heterocycles. The third-order valence-electron chi connectivity index (χ3n) is 3.43. The molecular weight excluding hydrogens is 236 g/mol. The van der Waals surface area contributed by atoms with Crippen LogP contribution < -0.4 is 0 Å². The van der Waals surface area contributed by atoms with E-state index in [4.69, 9.17) is 0 Å². The first-order chi connectivity index (χ1) is 8.54. The van der Waals surface area contributed by atoms with Gasteiger partial charge in [0.1, 0.15) is 5.54 Å². The van der Waals surface area contributed by atoms with Gasteiger partial charge in [-0.2, -0.15) is 0 Å². The van der Waals surface area contributed by atoms with Crippen molar-refractivity contribution in [2.45, 2.75) is 38.3 Å². The van der Waals surface area contributed by atoms with E-state index in [2.05, 4.69) is 10.3 Å². The molecular formula is C11H16N4O3. The zero-order valence-corrected chi connectivity index (χ0v) is 10.2. The molecule has 1 saturated heterocycles. The number of nitrogens with zero attached hydrogens (tertiary/aromatic N) is 4.